The van der Waals surface area contributed by atoms with Crippen molar-refractivity contribution in [3.05, 3.63) is 39.0 Å². The molecule has 25 heavy (non-hydrogen) atoms. The number of nitrogens with one attached hydrogen (secondary N) is 1. The molecule has 0 radical (unpaired) electrons. The second kappa shape index (κ2) is 8.21. The van der Waals surface area contributed by atoms with Crippen LogP contribution in [-0.2, 0) is 0 Å². The van der Waals surface area contributed by atoms with Gasteiger partial charge in [0.05, 0.1) is 5.69 Å². The normalized spacial score (nSPS) is 17.8. The highest BCUT2D eigenvalue weighted by atomic mass is 79.9. The van der Waals surface area contributed by atoms with E-state index in [1.165, 1.54) is 0 Å². The van der Waals surface area contributed by atoms with E-state index >= 15 is 0 Å². The Labute approximate surface area is 160 Å². The molecule has 136 valence electrons. The lowest BCUT2D eigenvalue weighted by Crippen LogP contribution is -2.53. The summed E-state index contributed by atoms with van der Waals surface area (Å²) in [6, 6.07) is 5.93. The Morgan fingerprint density at radius 3 is 2.68 bits per heavy atom. The number of carboxylic acid groups (broad SMARTS) is 1. The molecule has 1 aromatic carbocycles. The minimum Gasteiger partial charge on any atom is -0.465 e. The lowest BCUT2D eigenvalue weighted by Gasteiger charge is -2.38. The van der Waals surface area contributed by atoms with Gasteiger partial charge >= 0.3 is 6.09 Å². The highest BCUT2D eigenvalue weighted by Crippen LogP contribution is 2.36. The molecule has 0 bridgehead atoms. The maximum absolute atomic E-state index is 11.3. The number of aliphatic imine (C=N–C) groups is 1. The minimum atomic E-state index is -1.18. The first-order valence-corrected chi connectivity index (χ1v) is 9.06. The highest BCUT2D eigenvalue weighted by Gasteiger charge is 2.33. The zero-order valence-corrected chi connectivity index (χ0v) is 16.6. The van der Waals surface area contributed by atoms with Crippen LogP contribution in [0.3, 0.4) is 0 Å². The number of carbonyl (C=O) groups is 1. The summed E-state index contributed by atoms with van der Waals surface area (Å²) in [7, 11) is 0. The van der Waals surface area contributed by atoms with E-state index in [2.05, 4.69) is 40.1 Å². The van der Waals surface area contributed by atoms with E-state index in [-0.39, 0.29) is 18.2 Å². The number of amidine groups is 1. The molecule has 1 aliphatic rings. The van der Waals surface area contributed by atoms with E-state index in [0.29, 0.717) is 17.3 Å². The molecule has 2 rings (SSSR count). The molecule has 1 atom stereocenters. The second-order valence-corrected chi connectivity index (χ2v) is 7.25. The number of rotatable bonds is 5. The first-order chi connectivity index (χ1) is 11.8. The molecule has 0 saturated heterocycles. The average molecular weight is 431 g/mol. The predicted molar refractivity (Wildman–Crippen MR) is 103 cm³/mol. The molecule has 6 nitrogen and oxygen atoms in total. The number of halogens is 2. The van der Waals surface area contributed by atoms with E-state index in [1.807, 2.05) is 18.2 Å². The number of anilines is 1. The molecule has 3 N–H and O–H groups in total. The number of aliphatic hydroxyl groups is 1. The van der Waals surface area contributed by atoms with Crippen molar-refractivity contribution in [2.75, 3.05) is 11.5 Å². The predicted octanol–water partition coefficient (Wildman–Crippen LogP) is 4.24. The Morgan fingerprint density at radius 2 is 2.16 bits per heavy atom. The lowest BCUT2D eigenvalue weighted by atomic mass is 10.0. The van der Waals surface area contributed by atoms with Crippen molar-refractivity contribution in [3.63, 3.8) is 0 Å². The SMILES string of the molecule is CC1=NC(Cl)=C(CCO)C(NC(=O)O)N1c1ccc(C(C)C)cc1Br. The van der Waals surface area contributed by atoms with Gasteiger partial charge in [0, 0.05) is 16.7 Å². The lowest BCUT2D eigenvalue weighted by molar-refractivity contribution is 0.191. The van der Waals surface area contributed by atoms with Crippen molar-refractivity contribution in [3.8, 4) is 0 Å². The fourth-order valence-electron chi connectivity index (χ4n) is 2.74. The number of hydrogen-bond donors (Lipinski definition) is 3. The molecular weight excluding hydrogens is 410 g/mol. The van der Waals surface area contributed by atoms with E-state index in [1.54, 1.807) is 11.8 Å². The molecule has 1 aliphatic heterocycles. The van der Waals surface area contributed by atoms with Crippen LogP contribution in [0.2, 0.25) is 0 Å². The van der Waals surface area contributed by atoms with Gasteiger partial charge in [-0.05, 0) is 52.9 Å². The second-order valence-electron chi connectivity index (χ2n) is 6.04. The van der Waals surface area contributed by atoms with Crippen molar-refractivity contribution in [2.24, 2.45) is 4.99 Å². The van der Waals surface area contributed by atoms with Crippen LogP contribution in [-0.4, -0.2) is 34.9 Å². The van der Waals surface area contributed by atoms with Crippen molar-refractivity contribution >= 4 is 45.1 Å². The average Bonchev–Trinajstić information content (AvgIpc) is 2.51. The largest absolute Gasteiger partial charge is 0.465 e. The quantitative estimate of drug-likeness (QED) is 0.610. The molecule has 0 aliphatic carbocycles. The van der Waals surface area contributed by atoms with E-state index in [9.17, 15) is 15.0 Å². The van der Waals surface area contributed by atoms with Crippen LogP contribution in [0, 0.1) is 0 Å². The molecule has 1 unspecified atom stereocenters. The topological polar surface area (TPSA) is 85.2 Å². The molecular formula is C17H21BrClN3O3. The number of hydrogen-bond acceptors (Lipinski definition) is 4. The molecule has 1 amide bonds. The summed E-state index contributed by atoms with van der Waals surface area (Å²) in [6.07, 6.45) is -1.70. The van der Waals surface area contributed by atoms with Gasteiger partial charge in [0.15, 0.2) is 0 Å². The number of aliphatic hydroxyl groups excluding tert-OH is 1. The van der Waals surface area contributed by atoms with E-state index in [0.717, 1.165) is 15.7 Å². The van der Waals surface area contributed by atoms with Gasteiger partial charge in [0.2, 0.25) is 0 Å². The van der Waals surface area contributed by atoms with Gasteiger partial charge < -0.3 is 15.1 Å². The zero-order valence-electron chi connectivity index (χ0n) is 14.3. The van der Waals surface area contributed by atoms with Crippen molar-refractivity contribution in [2.45, 2.75) is 39.3 Å². The maximum Gasteiger partial charge on any atom is 0.406 e. The van der Waals surface area contributed by atoms with Gasteiger partial charge in [-0.25, -0.2) is 9.79 Å². The van der Waals surface area contributed by atoms with Crippen LogP contribution < -0.4 is 10.2 Å². The molecule has 0 saturated carbocycles. The van der Waals surface area contributed by atoms with Crippen LogP contribution in [0.5, 0.6) is 0 Å². The fraction of sp³-hybridized carbons (Fsp3) is 0.412. The van der Waals surface area contributed by atoms with Crippen molar-refractivity contribution < 1.29 is 15.0 Å². The van der Waals surface area contributed by atoms with E-state index in [4.69, 9.17) is 11.6 Å². The fourth-order valence-corrected chi connectivity index (χ4v) is 3.65. The third kappa shape index (κ3) is 4.34. The Morgan fingerprint density at radius 1 is 1.48 bits per heavy atom. The molecule has 0 aromatic heterocycles. The first-order valence-electron chi connectivity index (χ1n) is 7.89. The molecule has 1 aromatic rings. The summed E-state index contributed by atoms with van der Waals surface area (Å²) in [6.45, 7) is 5.81. The van der Waals surface area contributed by atoms with Crippen LogP contribution >= 0.6 is 27.5 Å². The van der Waals surface area contributed by atoms with Gasteiger partial charge in [-0.1, -0.05) is 31.5 Å². The monoisotopic (exact) mass is 429 g/mol. The Bertz CT molecular complexity index is 734. The number of nitrogens with zero attached hydrogens (tertiary/aromatic N) is 2. The Hall–Kier alpha value is -1.57. The van der Waals surface area contributed by atoms with Gasteiger partial charge in [-0.3, -0.25) is 5.32 Å². The summed E-state index contributed by atoms with van der Waals surface area (Å²) in [4.78, 5) is 17.4. The molecule has 0 fully saturated rings. The molecule has 0 spiro atoms. The zero-order chi connectivity index (χ0) is 18.7. The van der Waals surface area contributed by atoms with Gasteiger partial charge in [-0.15, -0.1) is 0 Å². The molecule has 8 heteroatoms. The maximum atomic E-state index is 11.3. The first kappa shape index (κ1) is 19.8. The van der Waals surface area contributed by atoms with Gasteiger partial charge in [-0.2, -0.15) is 0 Å². The summed E-state index contributed by atoms with van der Waals surface area (Å²) in [5.74, 6) is 0.928. The van der Waals surface area contributed by atoms with Crippen LogP contribution in [0.1, 0.15) is 38.7 Å². The standard InChI is InChI=1S/C17H21BrClN3O3/c1-9(2)11-4-5-14(13(18)8-11)22-10(3)20-15(19)12(6-7-23)16(22)21-17(24)25/h4-5,8-9,16,21,23H,6-7H2,1-3H3,(H,24,25). The third-order valence-corrected chi connectivity index (χ3v) is 4.96. The summed E-state index contributed by atoms with van der Waals surface area (Å²) in [5, 5.41) is 21.3. The number of benzene rings is 1. The van der Waals surface area contributed by atoms with Crippen LogP contribution in [0.4, 0.5) is 10.5 Å². The Balaban J connectivity index is 2.53. The van der Waals surface area contributed by atoms with Crippen LogP contribution in [0.25, 0.3) is 0 Å². The van der Waals surface area contributed by atoms with E-state index < -0.39 is 12.3 Å². The Kier molecular flexibility index (Phi) is 6.48. The smallest absolute Gasteiger partial charge is 0.406 e. The van der Waals surface area contributed by atoms with Gasteiger partial charge in [0.25, 0.3) is 0 Å². The van der Waals surface area contributed by atoms with Gasteiger partial charge in [0.1, 0.15) is 17.2 Å². The van der Waals surface area contributed by atoms with Crippen molar-refractivity contribution in [1.82, 2.24) is 5.32 Å². The summed E-state index contributed by atoms with van der Waals surface area (Å²) < 4.78 is 0.826. The number of amides is 1. The van der Waals surface area contributed by atoms with Crippen molar-refractivity contribution in [1.29, 1.82) is 0 Å². The van der Waals surface area contributed by atoms with Crippen LogP contribution in [0.15, 0.2) is 38.4 Å². The molecule has 1 heterocycles. The highest BCUT2D eigenvalue weighted by molar-refractivity contribution is 9.10. The minimum absolute atomic E-state index is 0.154. The summed E-state index contributed by atoms with van der Waals surface area (Å²) >= 11 is 9.78. The summed E-state index contributed by atoms with van der Waals surface area (Å²) in [5.41, 5.74) is 2.45. The third-order valence-electron chi connectivity index (χ3n) is 4.00.